The van der Waals surface area contributed by atoms with Crippen molar-refractivity contribution in [2.75, 3.05) is 27.1 Å². The lowest BCUT2D eigenvalue weighted by Crippen LogP contribution is -2.60. The molecule has 3 nitrogen and oxygen atoms in total. The number of halogens is 1. The van der Waals surface area contributed by atoms with Crippen LogP contribution < -0.4 is 0 Å². The monoisotopic (exact) mass is 378 g/mol. The Morgan fingerprint density at radius 3 is 2.06 bits per heavy atom. The molecule has 98 valence electrons. The van der Waals surface area contributed by atoms with E-state index in [2.05, 4.69) is 6.92 Å². The van der Waals surface area contributed by atoms with Gasteiger partial charge in [-0.25, -0.2) is 0 Å². The molecule has 0 N–H and O–H groups in total. The summed E-state index contributed by atoms with van der Waals surface area (Å²) in [5.41, 5.74) is 0. The smallest absolute Gasteiger partial charge is 0.376 e. The van der Waals surface area contributed by atoms with Crippen LogP contribution in [0.3, 0.4) is 0 Å². The molecule has 1 heterocycles. The Balaban J connectivity index is 0.00000225. The second kappa shape index (κ2) is 7.58. The Hall–Kier alpha value is 1.18. The molecule has 1 unspecified atom stereocenters. The molecule has 0 radical (unpaired) electrons. The molecule has 6 heteroatoms. The normalized spacial score (nSPS) is 25.5. The van der Waals surface area contributed by atoms with Gasteiger partial charge >= 0.3 is 8.80 Å². The SMILES string of the molecule is CCCC1([Si](OC)(OC)OC)CCCS1.I. The lowest BCUT2D eigenvalue weighted by Gasteiger charge is -2.40. The molecule has 1 atom stereocenters. The van der Waals surface area contributed by atoms with Gasteiger partial charge in [0.15, 0.2) is 0 Å². The van der Waals surface area contributed by atoms with Crippen LogP contribution in [-0.2, 0) is 13.3 Å². The molecule has 0 bridgehead atoms. The van der Waals surface area contributed by atoms with E-state index in [1.165, 1.54) is 12.2 Å². The first-order valence-electron chi connectivity index (χ1n) is 5.49. The van der Waals surface area contributed by atoms with Gasteiger partial charge < -0.3 is 13.3 Å². The average molecular weight is 378 g/mol. The van der Waals surface area contributed by atoms with E-state index < -0.39 is 8.80 Å². The van der Waals surface area contributed by atoms with Crippen LogP contribution in [-0.4, -0.2) is 40.3 Å². The predicted octanol–water partition coefficient (Wildman–Crippen LogP) is 3.09. The van der Waals surface area contributed by atoms with Crippen molar-refractivity contribution in [1.82, 2.24) is 0 Å². The molecular weight excluding hydrogens is 355 g/mol. The third-order valence-corrected chi connectivity index (χ3v) is 8.99. The summed E-state index contributed by atoms with van der Waals surface area (Å²) in [5.74, 6) is 1.20. The number of hydrogen-bond acceptors (Lipinski definition) is 4. The van der Waals surface area contributed by atoms with E-state index in [0.29, 0.717) is 0 Å². The summed E-state index contributed by atoms with van der Waals surface area (Å²) in [6.07, 6.45) is 4.68. The van der Waals surface area contributed by atoms with Crippen LogP contribution in [0.1, 0.15) is 32.6 Å². The lowest BCUT2D eigenvalue weighted by atomic mass is 10.1. The van der Waals surface area contributed by atoms with E-state index in [9.17, 15) is 0 Å². The van der Waals surface area contributed by atoms with E-state index in [1.807, 2.05) is 11.8 Å². The zero-order valence-corrected chi connectivity index (χ0v) is 14.7. The maximum Gasteiger partial charge on any atom is 0.517 e. The molecule has 0 saturated carbocycles. The van der Waals surface area contributed by atoms with Crippen molar-refractivity contribution in [3.8, 4) is 0 Å². The molecule has 0 aliphatic carbocycles. The van der Waals surface area contributed by atoms with Crippen LogP contribution in [0.15, 0.2) is 0 Å². The van der Waals surface area contributed by atoms with Crippen LogP contribution in [0.2, 0.25) is 0 Å². The second-order valence-electron chi connectivity index (χ2n) is 3.86. The third-order valence-electron chi connectivity index (χ3n) is 3.12. The predicted molar refractivity (Wildman–Crippen MR) is 81.5 cm³/mol. The molecular formula is C10H23IO3SSi. The largest absolute Gasteiger partial charge is 0.517 e. The van der Waals surface area contributed by atoms with Crippen LogP contribution in [0.4, 0.5) is 0 Å². The zero-order valence-electron chi connectivity index (χ0n) is 10.6. The van der Waals surface area contributed by atoms with Crippen molar-refractivity contribution in [3.63, 3.8) is 0 Å². The Bertz CT molecular complexity index is 188. The van der Waals surface area contributed by atoms with Crippen molar-refractivity contribution in [2.24, 2.45) is 0 Å². The van der Waals surface area contributed by atoms with E-state index in [-0.39, 0.29) is 28.3 Å². The highest BCUT2D eigenvalue weighted by Gasteiger charge is 2.60. The van der Waals surface area contributed by atoms with Gasteiger partial charge in [0.1, 0.15) is 0 Å². The van der Waals surface area contributed by atoms with Crippen LogP contribution in [0.5, 0.6) is 0 Å². The van der Waals surface area contributed by atoms with Crippen LogP contribution in [0.25, 0.3) is 0 Å². The van der Waals surface area contributed by atoms with E-state index in [0.717, 1.165) is 19.3 Å². The Morgan fingerprint density at radius 2 is 1.75 bits per heavy atom. The number of thioether (sulfide) groups is 1. The first-order valence-corrected chi connectivity index (χ1v) is 8.20. The maximum absolute atomic E-state index is 5.65. The summed E-state index contributed by atoms with van der Waals surface area (Å²) in [7, 11) is 2.66. The molecule has 0 amide bonds. The van der Waals surface area contributed by atoms with Crippen LogP contribution in [0, 0.1) is 0 Å². The van der Waals surface area contributed by atoms with Gasteiger partial charge in [-0.15, -0.1) is 24.0 Å². The van der Waals surface area contributed by atoms with Gasteiger partial charge in [-0.2, -0.15) is 11.8 Å². The lowest BCUT2D eigenvalue weighted by molar-refractivity contribution is 0.105. The standard InChI is InChI=1S/C10H22O3SSi.HI/c1-5-7-10(8-6-9-14-10)15(11-2,12-3)13-4;/h5-9H2,1-4H3;1H. The Kier molecular flexibility index (Phi) is 8.13. The summed E-state index contributed by atoms with van der Waals surface area (Å²) in [6, 6.07) is 0. The molecule has 0 aromatic heterocycles. The minimum absolute atomic E-state index is 0. The van der Waals surface area contributed by atoms with E-state index >= 15 is 0 Å². The van der Waals surface area contributed by atoms with Gasteiger partial charge in [-0.1, -0.05) is 13.3 Å². The molecule has 16 heavy (non-hydrogen) atoms. The summed E-state index contributed by atoms with van der Waals surface area (Å²) in [5, 5.41) is 0. The van der Waals surface area contributed by atoms with Crippen molar-refractivity contribution >= 4 is 44.5 Å². The highest BCUT2D eigenvalue weighted by atomic mass is 127. The summed E-state index contributed by atoms with van der Waals surface area (Å²) < 4.78 is 17.0. The van der Waals surface area contributed by atoms with Gasteiger partial charge in [-0.3, -0.25) is 0 Å². The van der Waals surface area contributed by atoms with Crippen molar-refractivity contribution in [3.05, 3.63) is 0 Å². The van der Waals surface area contributed by atoms with Crippen molar-refractivity contribution < 1.29 is 13.3 Å². The molecule has 0 spiro atoms. The molecule has 1 fully saturated rings. The Morgan fingerprint density at radius 1 is 1.19 bits per heavy atom. The average Bonchev–Trinajstić information content (AvgIpc) is 2.72. The van der Waals surface area contributed by atoms with Gasteiger partial charge in [0, 0.05) is 21.3 Å². The highest BCUT2D eigenvalue weighted by molar-refractivity contribution is 14.0. The van der Waals surface area contributed by atoms with Crippen molar-refractivity contribution in [1.29, 1.82) is 0 Å². The summed E-state index contributed by atoms with van der Waals surface area (Å²) >= 11 is 1.98. The van der Waals surface area contributed by atoms with Crippen LogP contribution >= 0.6 is 35.7 Å². The maximum atomic E-state index is 5.65. The first kappa shape index (κ1) is 17.2. The molecule has 0 aromatic rings. The molecule has 1 saturated heterocycles. The zero-order chi connectivity index (χ0) is 11.4. The van der Waals surface area contributed by atoms with Gasteiger partial charge in [0.05, 0.1) is 4.37 Å². The van der Waals surface area contributed by atoms with E-state index in [4.69, 9.17) is 13.3 Å². The van der Waals surface area contributed by atoms with E-state index in [1.54, 1.807) is 21.3 Å². The number of rotatable bonds is 6. The fraction of sp³-hybridized carbons (Fsp3) is 1.00. The fourth-order valence-corrected chi connectivity index (χ4v) is 8.24. The summed E-state index contributed by atoms with van der Waals surface area (Å²) in [6.45, 7) is 2.21. The minimum atomic E-state index is -2.49. The molecule has 1 aliphatic rings. The fourth-order valence-electron chi connectivity index (χ4n) is 2.50. The quantitative estimate of drug-likeness (QED) is 0.525. The third kappa shape index (κ3) is 2.95. The minimum Gasteiger partial charge on any atom is -0.376 e. The molecule has 0 aromatic carbocycles. The Labute approximate surface area is 121 Å². The van der Waals surface area contributed by atoms with Gasteiger partial charge in [0.2, 0.25) is 0 Å². The van der Waals surface area contributed by atoms with Crippen molar-refractivity contribution in [2.45, 2.75) is 37.0 Å². The molecule has 1 rings (SSSR count). The first-order chi connectivity index (χ1) is 7.20. The van der Waals surface area contributed by atoms with Gasteiger partial charge in [-0.05, 0) is 25.0 Å². The number of hydrogen-bond donors (Lipinski definition) is 0. The van der Waals surface area contributed by atoms with Gasteiger partial charge in [0.25, 0.3) is 0 Å². The molecule has 1 aliphatic heterocycles. The highest BCUT2D eigenvalue weighted by Crippen LogP contribution is 2.48. The second-order valence-corrected chi connectivity index (χ2v) is 9.00. The topological polar surface area (TPSA) is 27.7 Å². The summed E-state index contributed by atoms with van der Waals surface area (Å²) in [4.78, 5) is 0.